The highest BCUT2D eigenvalue weighted by Crippen LogP contribution is 2.19. The first-order valence-corrected chi connectivity index (χ1v) is 4.68. The number of hydrogen-bond donors (Lipinski definition) is 1. The van der Waals surface area contributed by atoms with E-state index in [-0.39, 0.29) is 12.7 Å². The van der Waals surface area contributed by atoms with Crippen LogP contribution in [0.3, 0.4) is 0 Å². The van der Waals surface area contributed by atoms with Crippen LogP contribution in [0, 0.1) is 17.5 Å². The molecule has 0 bridgehead atoms. The van der Waals surface area contributed by atoms with Gasteiger partial charge in [0.25, 0.3) is 0 Å². The molecule has 1 N–H and O–H groups in total. The van der Waals surface area contributed by atoms with Crippen molar-refractivity contribution in [2.75, 3.05) is 6.61 Å². The van der Waals surface area contributed by atoms with Gasteiger partial charge in [0.2, 0.25) is 0 Å². The normalized spacial score (nSPS) is 11.4. The predicted octanol–water partition coefficient (Wildman–Crippen LogP) is 2.57. The zero-order valence-corrected chi connectivity index (χ0v) is 8.84. The van der Waals surface area contributed by atoms with E-state index in [0.29, 0.717) is 12.1 Å². The highest BCUT2D eigenvalue weighted by atomic mass is 19.2. The lowest BCUT2D eigenvalue weighted by atomic mass is 10.1. The van der Waals surface area contributed by atoms with Gasteiger partial charge in [0.1, 0.15) is 11.6 Å². The molecule has 0 spiro atoms. The van der Waals surface area contributed by atoms with Crippen LogP contribution >= 0.6 is 0 Å². The standard InChI is InChI=1S/C11H9F3O3/c1-2-17-11(16)5-10(15)6-3-8(13)9(14)4-7(6)12/h3-5,15H,2H2,1H3/b10-5-. The highest BCUT2D eigenvalue weighted by molar-refractivity contribution is 5.89. The smallest absolute Gasteiger partial charge is 0.334 e. The van der Waals surface area contributed by atoms with Gasteiger partial charge < -0.3 is 9.84 Å². The van der Waals surface area contributed by atoms with Gasteiger partial charge >= 0.3 is 5.97 Å². The lowest BCUT2D eigenvalue weighted by molar-refractivity contribution is -0.137. The first kappa shape index (κ1) is 13.1. The average molecular weight is 246 g/mol. The quantitative estimate of drug-likeness (QED) is 0.386. The zero-order chi connectivity index (χ0) is 13.0. The van der Waals surface area contributed by atoms with E-state index in [1.54, 1.807) is 6.92 Å². The molecule has 1 aromatic carbocycles. The number of carbonyl (C=O) groups excluding carboxylic acids is 1. The molecule has 0 amide bonds. The number of benzene rings is 1. The first-order valence-electron chi connectivity index (χ1n) is 4.68. The summed E-state index contributed by atoms with van der Waals surface area (Å²) >= 11 is 0. The maximum atomic E-state index is 13.2. The third-order valence-corrected chi connectivity index (χ3v) is 1.83. The van der Waals surface area contributed by atoms with Gasteiger partial charge in [0.15, 0.2) is 11.6 Å². The second-order valence-electron chi connectivity index (χ2n) is 3.03. The van der Waals surface area contributed by atoms with Crippen molar-refractivity contribution in [1.29, 1.82) is 0 Å². The summed E-state index contributed by atoms with van der Waals surface area (Å²) in [4.78, 5) is 10.9. The number of halogens is 3. The van der Waals surface area contributed by atoms with E-state index >= 15 is 0 Å². The topological polar surface area (TPSA) is 46.5 Å². The minimum atomic E-state index is -1.38. The summed E-state index contributed by atoms with van der Waals surface area (Å²) in [5, 5.41) is 9.34. The summed E-state index contributed by atoms with van der Waals surface area (Å²) in [6, 6.07) is 0.732. The molecule has 0 aliphatic carbocycles. The molecule has 1 rings (SSSR count). The number of aliphatic hydroxyl groups excluding tert-OH is 1. The SMILES string of the molecule is CCOC(=O)/C=C(\O)c1cc(F)c(F)cc1F. The van der Waals surface area contributed by atoms with Crippen molar-refractivity contribution in [2.45, 2.75) is 6.92 Å². The van der Waals surface area contributed by atoms with Crippen LogP contribution in [0.2, 0.25) is 0 Å². The van der Waals surface area contributed by atoms with Crippen molar-refractivity contribution >= 4 is 11.7 Å². The van der Waals surface area contributed by atoms with E-state index in [1.165, 1.54) is 0 Å². The number of carbonyl (C=O) groups is 1. The fraction of sp³-hybridized carbons (Fsp3) is 0.182. The van der Waals surface area contributed by atoms with E-state index in [4.69, 9.17) is 0 Å². The summed E-state index contributed by atoms with van der Waals surface area (Å²) in [5.41, 5.74) is -0.614. The molecule has 6 heteroatoms. The molecule has 0 fully saturated rings. The number of ether oxygens (including phenoxy) is 1. The summed E-state index contributed by atoms with van der Waals surface area (Å²) in [7, 11) is 0. The third-order valence-electron chi connectivity index (χ3n) is 1.83. The number of aliphatic hydroxyl groups is 1. The van der Waals surface area contributed by atoms with Gasteiger partial charge in [-0.1, -0.05) is 0 Å². The Hall–Kier alpha value is -1.98. The summed E-state index contributed by atoms with van der Waals surface area (Å²) in [6.45, 7) is 1.61. The van der Waals surface area contributed by atoms with E-state index in [1.807, 2.05) is 0 Å². The van der Waals surface area contributed by atoms with Gasteiger partial charge in [0.05, 0.1) is 18.2 Å². The minimum absolute atomic E-state index is 0.0723. The Morgan fingerprint density at radius 2 is 1.88 bits per heavy atom. The molecule has 0 atom stereocenters. The minimum Gasteiger partial charge on any atom is -0.507 e. The molecule has 0 saturated carbocycles. The average Bonchev–Trinajstić information content (AvgIpc) is 2.23. The van der Waals surface area contributed by atoms with Crippen LogP contribution in [0.5, 0.6) is 0 Å². The zero-order valence-electron chi connectivity index (χ0n) is 8.84. The Morgan fingerprint density at radius 3 is 2.47 bits per heavy atom. The van der Waals surface area contributed by atoms with Crippen LogP contribution < -0.4 is 0 Å². The summed E-state index contributed by atoms with van der Waals surface area (Å²) < 4.78 is 43.0. The predicted molar refractivity (Wildman–Crippen MR) is 53.6 cm³/mol. The van der Waals surface area contributed by atoms with Crippen molar-refractivity contribution < 1.29 is 27.8 Å². The van der Waals surface area contributed by atoms with Crippen LogP contribution in [0.4, 0.5) is 13.2 Å². The molecule has 0 aliphatic heterocycles. The second-order valence-corrected chi connectivity index (χ2v) is 3.03. The van der Waals surface area contributed by atoms with Gasteiger partial charge in [-0.05, 0) is 13.0 Å². The molecule has 0 unspecified atom stereocenters. The van der Waals surface area contributed by atoms with Gasteiger partial charge in [-0.15, -0.1) is 0 Å². The lowest BCUT2D eigenvalue weighted by Crippen LogP contribution is -2.02. The van der Waals surface area contributed by atoms with Gasteiger partial charge in [-0.3, -0.25) is 0 Å². The first-order chi connectivity index (χ1) is 7.95. The molecule has 0 aromatic heterocycles. The van der Waals surface area contributed by atoms with Crippen LogP contribution in [-0.2, 0) is 9.53 Å². The van der Waals surface area contributed by atoms with E-state index in [2.05, 4.69) is 4.74 Å². The fourth-order valence-corrected chi connectivity index (χ4v) is 1.09. The van der Waals surface area contributed by atoms with Crippen LogP contribution in [-0.4, -0.2) is 17.7 Å². The van der Waals surface area contributed by atoms with Crippen LogP contribution in [0.25, 0.3) is 5.76 Å². The second kappa shape index (κ2) is 5.38. The molecule has 0 heterocycles. The van der Waals surface area contributed by atoms with Gasteiger partial charge in [-0.2, -0.15) is 0 Å². The van der Waals surface area contributed by atoms with E-state index in [0.717, 1.165) is 0 Å². The lowest BCUT2D eigenvalue weighted by Gasteiger charge is -2.03. The maximum absolute atomic E-state index is 13.2. The molecule has 0 saturated heterocycles. The van der Waals surface area contributed by atoms with Crippen molar-refractivity contribution in [3.8, 4) is 0 Å². The molecular formula is C11H9F3O3. The molecular weight excluding hydrogens is 237 g/mol. The Kier molecular flexibility index (Phi) is 4.14. The van der Waals surface area contributed by atoms with Crippen LogP contribution in [0.15, 0.2) is 18.2 Å². The van der Waals surface area contributed by atoms with Crippen molar-refractivity contribution in [2.24, 2.45) is 0 Å². The highest BCUT2D eigenvalue weighted by Gasteiger charge is 2.14. The Morgan fingerprint density at radius 1 is 1.29 bits per heavy atom. The van der Waals surface area contributed by atoms with Crippen molar-refractivity contribution in [3.63, 3.8) is 0 Å². The maximum Gasteiger partial charge on any atom is 0.334 e. The van der Waals surface area contributed by atoms with Gasteiger partial charge in [0, 0.05) is 6.07 Å². The summed E-state index contributed by atoms with van der Waals surface area (Å²) in [5.74, 6) is -5.63. The number of rotatable bonds is 3. The fourth-order valence-electron chi connectivity index (χ4n) is 1.09. The molecule has 1 aromatic rings. The van der Waals surface area contributed by atoms with E-state index in [9.17, 15) is 23.1 Å². The largest absolute Gasteiger partial charge is 0.507 e. The molecule has 3 nitrogen and oxygen atoms in total. The summed E-state index contributed by atoms with van der Waals surface area (Å²) in [6.07, 6.45) is 0.583. The monoisotopic (exact) mass is 246 g/mol. The van der Waals surface area contributed by atoms with Crippen LogP contribution in [0.1, 0.15) is 12.5 Å². The Balaban J connectivity index is 3.08. The number of hydrogen-bond acceptors (Lipinski definition) is 3. The number of esters is 1. The Labute approximate surface area is 95.1 Å². The van der Waals surface area contributed by atoms with Gasteiger partial charge in [-0.25, -0.2) is 18.0 Å². The Bertz CT molecular complexity index is 469. The molecule has 17 heavy (non-hydrogen) atoms. The van der Waals surface area contributed by atoms with Crippen molar-refractivity contribution in [3.05, 3.63) is 41.2 Å². The molecule has 92 valence electrons. The molecule has 0 radical (unpaired) electrons. The van der Waals surface area contributed by atoms with Crippen molar-refractivity contribution in [1.82, 2.24) is 0 Å². The molecule has 0 aliphatic rings. The van der Waals surface area contributed by atoms with E-state index < -0.39 is 34.7 Å². The third kappa shape index (κ3) is 3.24.